The third kappa shape index (κ3) is 6.36. The number of methoxy groups -OCH3 is 1. The highest BCUT2D eigenvalue weighted by Crippen LogP contribution is 2.23. The molecule has 20 heavy (non-hydrogen) atoms. The Kier molecular flexibility index (Phi) is 8.25. The molecule has 1 N–H and O–H groups in total. The van der Waals surface area contributed by atoms with E-state index in [4.69, 9.17) is 9.47 Å². The van der Waals surface area contributed by atoms with E-state index in [0.717, 1.165) is 10.5 Å². The van der Waals surface area contributed by atoms with Crippen LogP contribution in [0.5, 0.6) is 0 Å². The van der Waals surface area contributed by atoms with Gasteiger partial charge in [-0.25, -0.2) is 4.39 Å². The van der Waals surface area contributed by atoms with Gasteiger partial charge < -0.3 is 14.8 Å². The normalized spacial score (nSPS) is 10.6. The summed E-state index contributed by atoms with van der Waals surface area (Å²) < 4.78 is 23.1. The van der Waals surface area contributed by atoms with Crippen molar-refractivity contribution >= 4 is 17.7 Å². The molecule has 0 aromatic heterocycles. The summed E-state index contributed by atoms with van der Waals surface area (Å²) in [5.41, 5.74) is 0.829. The van der Waals surface area contributed by atoms with Crippen LogP contribution in [-0.2, 0) is 20.8 Å². The van der Waals surface area contributed by atoms with E-state index in [2.05, 4.69) is 5.32 Å². The fraction of sp³-hybridized carbons (Fsp3) is 0.500. The van der Waals surface area contributed by atoms with Crippen molar-refractivity contribution in [3.05, 3.63) is 29.6 Å². The Morgan fingerprint density at radius 3 is 2.95 bits per heavy atom. The Bertz CT molecular complexity index is 429. The molecule has 112 valence electrons. The van der Waals surface area contributed by atoms with Crippen LogP contribution in [0.15, 0.2) is 23.1 Å². The summed E-state index contributed by atoms with van der Waals surface area (Å²) in [4.78, 5) is 12.2. The van der Waals surface area contributed by atoms with Gasteiger partial charge in [0.25, 0.3) is 0 Å². The van der Waals surface area contributed by atoms with Crippen molar-refractivity contribution in [3.8, 4) is 0 Å². The zero-order chi connectivity index (χ0) is 14.8. The van der Waals surface area contributed by atoms with E-state index in [9.17, 15) is 9.18 Å². The lowest BCUT2D eigenvalue weighted by Gasteiger charge is -2.10. The number of hydrogen-bond donors (Lipinski definition) is 1. The Labute approximate surface area is 123 Å². The van der Waals surface area contributed by atoms with Gasteiger partial charge in [-0.05, 0) is 30.7 Å². The smallest absolute Gasteiger partial charge is 0.316 e. The second-order valence-corrected chi connectivity index (χ2v) is 5.03. The molecule has 0 aliphatic carbocycles. The largest absolute Gasteiger partial charge is 0.465 e. The maximum atomic E-state index is 13.3. The molecule has 0 spiro atoms. The number of halogens is 1. The molecule has 0 radical (unpaired) electrons. The van der Waals surface area contributed by atoms with E-state index < -0.39 is 0 Å². The summed E-state index contributed by atoms with van der Waals surface area (Å²) in [6.45, 7) is 3.96. The quantitative estimate of drug-likeness (QED) is 0.430. The Balaban J connectivity index is 2.57. The molecule has 0 saturated carbocycles. The molecule has 6 heteroatoms. The maximum absolute atomic E-state index is 13.3. The molecule has 0 unspecified atom stereocenters. The third-order valence-corrected chi connectivity index (χ3v) is 3.56. The van der Waals surface area contributed by atoms with Gasteiger partial charge in [0.1, 0.15) is 5.82 Å². The van der Waals surface area contributed by atoms with E-state index in [1.54, 1.807) is 20.1 Å². The summed E-state index contributed by atoms with van der Waals surface area (Å²) in [5.74, 6) is -0.320. The van der Waals surface area contributed by atoms with Gasteiger partial charge in [-0.1, -0.05) is 0 Å². The molecule has 0 amide bonds. The molecule has 0 aliphatic heterocycles. The van der Waals surface area contributed by atoms with Gasteiger partial charge in [0.15, 0.2) is 0 Å². The van der Waals surface area contributed by atoms with E-state index in [-0.39, 0.29) is 17.5 Å². The highest BCUT2D eigenvalue weighted by Gasteiger charge is 2.08. The molecule has 0 atom stereocenters. The summed E-state index contributed by atoms with van der Waals surface area (Å²) >= 11 is 1.36. The number of carbonyl (C=O) groups excluding carboxylic acids is 1. The second-order valence-electron chi connectivity index (χ2n) is 4.02. The highest BCUT2D eigenvalue weighted by molar-refractivity contribution is 8.00. The van der Waals surface area contributed by atoms with Crippen LogP contribution < -0.4 is 5.32 Å². The van der Waals surface area contributed by atoms with Crippen molar-refractivity contribution in [2.75, 3.05) is 32.6 Å². The number of hydrogen-bond acceptors (Lipinski definition) is 5. The second kappa shape index (κ2) is 9.74. The molecule has 0 bridgehead atoms. The van der Waals surface area contributed by atoms with Crippen LogP contribution >= 0.6 is 11.8 Å². The van der Waals surface area contributed by atoms with Crippen molar-refractivity contribution in [2.45, 2.75) is 18.4 Å². The maximum Gasteiger partial charge on any atom is 0.316 e. The molecule has 0 fully saturated rings. The number of carbonyl (C=O) groups is 1. The first-order valence-electron chi connectivity index (χ1n) is 6.43. The number of nitrogens with one attached hydrogen (secondary N) is 1. The van der Waals surface area contributed by atoms with Gasteiger partial charge in [-0.15, -0.1) is 11.8 Å². The lowest BCUT2D eigenvalue weighted by Crippen LogP contribution is -2.19. The molecule has 1 aromatic rings. The van der Waals surface area contributed by atoms with E-state index in [1.807, 2.05) is 0 Å². The zero-order valence-corrected chi connectivity index (χ0v) is 12.6. The van der Waals surface area contributed by atoms with Crippen LogP contribution in [0.1, 0.15) is 12.5 Å². The van der Waals surface area contributed by atoms with Crippen molar-refractivity contribution in [1.82, 2.24) is 5.32 Å². The SMILES string of the molecule is CCOC(=O)CSc1ccc(F)cc1CNCCOC. The van der Waals surface area contributed by atoms with Crippen molar-refractivity contribution in [1.29, 1.82) is 0 Å². The minimum Gasteiger partial charge on any atom is -0.465 e. The van der Waals surface area contributed by atoms with Gasteiger partial charge in [0.2, 0.25) is 0 Å². The van der Waals surface area contributed by atoms with Gasteiger partial charge in [0, 0.05) is 25.1 Å². The van der Waals surface area contributed by atoms with E-state index in [1.165, 1.54) is 23.9 Å². The van der Waals surface area contributed by atoms with Crippen LogP contribution in [-0.4, -0.2) is 38.6 Å². The van der Waals surface area contributed by atoms with Gasteiger partial charge >= 0.3 is 5.97 Å². The number of rotatable bonds is 9. The summed E-state index contributed by atoms with van der Waals surface area (Å²) in [5, 5.41) is 3.16. The van der Waals surface area contributed by atoms with Gasteiger partial charge in [0.05, 0.1) is 19.0 Å². The first kappa shape index (κ1) is 16.9. The number of benzene rings is 1. The Morgan fingerprint density at radius 1 is 1.45 bits per heavy atom. The fourth-order valence-corrected chi connectivity index (χ4v) is 2.40. The molecule has 0 saturated heterocycles. The average molecular weight is 301 g/mol. The van der Waals surface area contributed by atoms with Crippen LogP contribution in [0.25, 0.3) is 0 Å². The van der Waals surface area contributed by atoms with Gasteiger partial charge in [-0.3, -0.25) is 4.79 Å². The first-order valence-corrected chi connectivity index (χ1v) is 7.42. The van der Waals surface area contributed by atoms with Crippen LogP contribution in [0.4, 0.5) is 4.39 Å². The molecule has 1 aromatic carbocycles. The van der Waals surface area contributed by atoms with Crippen LogP contribution in [0, 0.1) is 5.82 Å². The monoisotopic (exact) mass is 301 g/mol. The van der Waals surface area contributed by atoms with Crippen molar-refractivity contribution < 1.29 is 18.7 Å². The summed E-state index contributed by atoms with van der Waals surface area (Å²) in [6.07, 6.45) is 0. The minimum absolute atomic E-state index is 0.227. The number of thioether (sulfide) groups is 1. The Hall–Kier alpha value is -1.11. The summed E-state index contributed by atoms with van der Waals surface area (Å²) in [7, 11) is 1.63. The summed E-state index contributed by atoms with van der Waals surface area (Å²) in [6, 6.07) is 4.56. The van der Waals surface area contributed by atoms with Crippen LogP contribution in [0.2, 0.25) is 0 Å². The number of esters is 1. The van der Waals surface area contributed by atoms with Crippen molar-refractivity contribution in [2.24, 2.45) is 0 Å². The molecular weight excluding hydrogens is 281 g/mol. The van der Waals surface area contributed by atoms with Crippen LogP contribution in [0.3, 0.4) is 0 Å². The zero-order valence-electron chi connectivity index (χ0n) is 11.8. The predicted octanol–water partition coefficient (Wildman–Crippen LogP) is 2.22. The molecule has 1 rings (SSSR count). The third-order valence-electron chi connectivity index (χ3n) is 2.47. The standard InChI is InChI=1S/C14H20FNO3S/c1-3-19-14(17)10-20-13-5-4-12(15)8-11(13)9-16-6-7-18-2/h4-5,8,16H,3,6-7,9-10H2,1-2H3. The number of ether oxygens (including phenoxy) is 2. The average Bonchev–Trinajstić information content (AvgIpc) is 2.43. The van der Waals surface area contributed by atoms with E-state index >= 15 is 0 Å². The molecule has 4 nitrogen and oxygen atoms in total. The fourth-order valence-electron chi connectivity index (χ4n) is 1.56. The lowest BCUT2D eigenvalue weighted by atomic mass is 10.2. The molecule has 0 heterocycles. The van der Waals surface area contributed by atoms with Crippen molar-refractivity contribution in [3.63, 3.8) is 0 Å². The van der Waals surface area contributed by atoms with Gasteiger partial charge in [-0.2, -0.15) is 0 Å². The first-order chi connectivity index (χ1) is 9.67. The molecular formula is C14H20FNO3S. The lowest BCUT2D eigenvalue weighted by molar-refractivity contribution is -0.139. The minimum atomic E-state index is -0.283. The van der Waals surface area contributed by atoms with E-state index in [0.29, 0.717) is 26.3 Å². The Morgan fingerprint density at radius 2 is 2.25 bits per heavy atom. The highest BCUT2D eigenvalue weighted by atomic mass is 32.2. The molecule has 0 aliphatic rings. The predicted molar refractivity (Wildman–Crippen MR) is 77.3 cm³/mol. The topological polar surface area (TPSA) is 47.6 Å².